The van der Waals surface area contributed by atoms with Crippen LogP contribution in [0.5, 0.6) is 5.88 Å². The van der Waals surface area contributed by atoms with Crippen LogP contribution >= 0.6 is 11.6 Å². The van der Waals surface area contributed by atoms with Gasteiger partial charge in [0.15, 0.2) is 5.65 Å². The normalized spacial score (nSPS) is 10.9. The molecule has 0 amide bonds. The zero-order valence-corrected chi connectivity index (χ0v) is 10.6. The quantitative estimate of drug-likeness (QED) is 0.723. The molecule has 5 nitrogen and oxygen atoms in total. The lowest BCUT2D eigenvalue weighted by atomic mass is 10.2. The molecule has 0 spiro atoms. The molecule has 0 aliphatic carbocycles. The van der Waals surface area contributed by atoms with E-state index in [4.69, 9.17) is 16.3 Å². The molecule has 3 rings (SSSR count). The monoisotopic (exact) mass is 278 g/mol. The summed E-state index contributed by atoms with van der Waals surface area (Å²) in [5.41, 5.74) is 1.62. The van der Waals surface area contributed by atoms with Crippen molar-refractivity contribution < 1.29 is 9.13 Å². The number of imidazole rings is 1. The number of nitrogens with zero attached hydrogens (tertiary/aromatic N) is 4. The summed E-state index contributed by atoms with van der Waals surface area (Å²) >= 11 is 5.86. The molecule has 0 bridgehead atoms. The number of aromatic nitrogens is 4. The second-order valence-electron chi connectivity index (χ2n) is 3.78. The van der Waals surface area contributed by atoms with Crippen molar-refractivity contribution in [3.63, 3.8) is 0 Å². The van der Waals surface area contributed by atoms with Crippen LogP contribution in [0.2, 0.25) is 5.15 Å². The van der Waals surface area contributed by atoms with E-state index in [0.717, 1.165) is 6.20 Å². The van der Waals surface area contributed by atoms with E-state index < -0.39 is 5.82 Å². The molecular formula is C12H8ClFN4O. The zero-order valence-electron chi connectivity index (χ0n) is 9.84. The first-order chi connectivity index (χ1) is 9.19. The average molecular weight is 279 g/mol. The van der Waals surface area contributed by atoms with Gasteiger partial charge in [-0.3, -0.25) is 0 Å². The zero-order chi connectivity index (χ0) is 13.4. The van der Waals surface area contributed by atoms with Gasteiger partial charge in [-0.15, -0.1) is 0 Å². The largest absolute Gasteiger partial charge is 0.481 e. The molecule has 0 unspecified atom stereocenters. The van der Waals surface area contributed by atoms with Gasteiger partial charge in [-0.2, -0.15) is 5.10 Å². The van der Waals surface area contributed by atoms with Crippen LogP contribution in [0.1, 0.15) is 0 Å². The predicted octanol–water partition coefficient (Wildman–Crippen LogP) is 2.59. The highest BCUT2D eigenvalue weighted by Crippen LogP contribution is 2.28. The number of ether oxygens (including phenoxy) is 1. The van der Waals surface area contributed by atoms with E-state index in [1.54, 1.807) is 18.3 Å². The molecule has 19 heavy (non-hydrogen) atoms. The van der Waals surface area contributed by atoms with Gasteiger partial charge in [-0.25, -0.2) is 18.9 Å². The molecule has 0 aromatic carbocycles. The summed E-state index contributed by atoms with van der Waals surface area (Å²) in [4.78, 5) is 8.06. The minimum absolute atomic E-state index is 0.296. The van der Waals surface area contributed by atoms with Crippen LogP contribution in [0, 0.1) is 5.82 Å². The van der Waals surface area contributed by atoms with Gasteiger partial charge in [0.25, 0.3) is 0 Å². The SMILES string of the molecule is COc1ncc(F)cc1-c1cnc2ccc(Cl)nn12. The van der Waals surface area contributed by atoms with Crippen LogP contribution in [-0.4, -0.2) is 26.7 Å². The van der Waals surface area contributed by atoms with E-state index in [1.165, 1.54) is 17.7 Å². The minimum Gasteiger partial charge on any atom is -0.481 e. The third-order valence-electron chi connectivity index (χ3n) is 2.62. The second-order valence-corrected chi connectivity index (χ2v) is 4.17. The molecule has 0 atom stereocenters. The third kappa shape index (κ3) is 2.00. The van der Waals surface area contributed by atoms with Gasteiger partial charge >= 0.3 is 0 Å². The van der Waals surface area contributed by atoms with E-state index >= 15 is 0 Å². The summed E-state index contributed by atoms with van der Waals surface area (Å²) in [5, 5.41) is 4.45. The van der Waals surface area contributed by atoms with Crippen molar-refractivity contribution in [1.82, 2.24) is 19.6 Å². The highest BCUT2D eigenvalue weighted by Gasteiger charge is 2.14. The summed E-state index contributed by atoms with van der Waals surface area (Å²) in [6.07, 6.45) is 2.66. The summed E-state index contributed by atoms with van der Waals surface area (Å²) in [5.74, 6) is -0.169. The standard InChI is InChI=1S/C12H8ClFN4O/c1-19-12-8(4-7(14)5-16-12)9-6-15-11-3-2-10(13)17-18(9)11/h2-6H,1H3. The van der Waals surface area contributed by atoms with Crippen molar-refractivity contribution in [2.45, 2.75) is 0 Å². The molecule has 0 radical (unpaired) electrons. The number of pyridine rings is 1. The van der Waals surface area contributed by atoms with Crippen LogP contribution in [0.15, 0.2) is 30.6 Å². The Labute approximate surface area is 112 Å². The summed E-state index contributed by atoms with van der Waals surface area (Å²) in [6.45, 7) is 0. The lowest BCUT2D eigenvalue weighted by Gasteiger charge is -2.06. The smallest absolute Gasteiger partial charge is 0.222 e. The molecule has 3 heterocycles. The van der Waals surface area contributed by atoms with Crippen LogP contribution in [0.25, 0.3) is 16.9 Å². The summed E-state index contributed by atoms with van der Waals surface area (Å²) < 4.78 is 20.0. The van der Waals surface area contributed by atoms with E-state index in [-0.39, 0.29) is 0 Å². The first-order valence-corrected chi connectivity index (χ1v) is 5.77. The van der Waals surface area contributed by atoms with Crippen LogP contribution in [-0.2, 0) is 0 Å². The molecule has 3 aromatic rings. The van der Waals surface area contributed by atoms with Crippen molar-refractivity contribution in [2.24, 2.45) is 0 Å². The first kappa shape index (κ1) is 11.9. The molecule has 0 saturated carbocycles. The van der Waals surface area contributed by atoms with Crippen LogP contribution in [0.3, 0.4) is 0 Å². The molecule has 0 N–H and O–H groups in total. The van der Waals surface area contributed by atoms with E-state index in [1.807, 2.05) is 0 Å². The minimum atomic E-state index is -0.465. The predicted molar refractivity (Wildman–Crippen MR) is 67.7 cm³/mol. The molecular weight excluding hydrogens is 271 g/mol. The number of rotatable bonds is 2. The lowest BCUT2D eigenvalue weighted by molar-refractivity contribution is 0.397. The summed E-state index contributed by atoms with van der Waals surface area (Å²) in [7, 11) is 1.47. The van der Waals surface area contributed by atoms with Gasteiger partial charge in [-0.05, 0) is 18.2 Å². The van der Waals surface area contributed by atoms with Crippen LogP contribution < -0.4 is 4.74 Å². The highest BCUT2D eigenvalue weighted by atomic mass is 35.5. The third-order valence-corrected chi connectivity index (χ3v) is 2.82. The first-order valence-electron chi connectivity index (χ1n) is 5.39. The van der Waals surface area contributed by atoms with Crippen molar-refractivity contribution in [3.05, 3.63) is 41.6 Å². The number of hydrogen-bond donors (Lipinski definition) is 0. The molecule has 3 aromatic heterocycles. The number of fused-ring (bicyclic) bond motifs is 1. The molecule has 0 saturated heterocycles. The van der Waals surface area contributed by atoms with E-state index in [0.29, 0.717) is 27.9 Å². The van der Waals surface area contributed by atoms with Gasteiger partial charge in [0.1, 0.15) is 11.0 Å². The molecule has 96 valence electrons. The Morgan fingerprint density at radius 3 is 2.89 bits per heavy atom. The molecule has 0 aliphatic rings. The van der Waals surface area contributed by atoms with Gasteiger partial charge in [0.05, 0.1) is 30.8 Å². The van der Waals surface area contributed by atoms with Gasteiger partial charge < -0.3 is 4.74 Å². The van der Waals surface area contributed by atoms with Gasteiger partial charge in [0, 0.05) is 0 Å². The van der Waals surface area contributed by atoms with Crippen molar-refractivity contribution in [3.8, 4) is 17.1 Å². The van der Waals surface area contributed by atoms with Crippen molar-refractivity contribution >= 4 is 17.2 Å². The summed E-state index contributed by atoms with van der Waals surface area (Å²) in [6, 6.07) is 4.67. The number of methoxy groups -OCH3 is 1. The van der Waals surface area contributed by atoms with E-state index in [2.05, 4.69) is 15.1 Å². The fourth-order valence-corrected chi connectivity index (χ4v) is 1.95. The molecule has 7 heteroatoms. The Morgan fingerprint density at radius 1 is 1.26 bits per heavy atom. The maximum atomic E-state index is 13.4. The molecule has 0 fully saturated rings. The lowest BCUT2D eigenvalue weighted by Crippen LogP contribution is -1.98. The average Bonchev–Trinajstić information content (AvgIpc) is 2.81. The maximum absolute atomic E-state index is 13.4. The fourth-order valence-electron chi connectivity index (χ4n) is 1.81. The topological polar surface area (TPSA) is 52.3 Å². The molecule has 0 aliphatic heterocycles. The Hall–Kier alpha value is -2.21. The second kappa shape index (κ2) is 4.47. The Bertz CT molecular complexity index is 759. The Morgan fingerprint density at radius 2 is 2.11 bits per heavy atom. The fraction of sp³-hybridized carbons (Fsp3) is 0.0833. The highest BCUT2D eigenvalue weighted by molar-refractivity contribution is 6.29. The van der Waals surface area contributed by atoms with E-state index in [9.17, 15) is 4.39 Å². The Balaban J connectivity index is 2.29. The number of hydrogen-bond acceptors (Lipinski definition) is 4. The van der Waals surface area contributed by atoms with Crippen molar-refractivity contribution in [1.29, 1.82) is 0 Å². The Kier molecular flexibility index (Phi) is 2.79. The number of halogens is 2. The maximum Gasteiger partial charge on any atom is 0.222 e. The van der Waals surface area contributed by atoms with Crippen LogP contribution in [0.4, 0.5) is 4.39 Å². The van der Waals surface area contributed by atoms with Gasteiger partial charge in [0.2, 0.25) is 5.88 Å². The van der Waals surface area contributed by atoms with Crippen molar-refractivity contribution in [2.75, 3.05) is 7.11 Å². The van der Waals surface area contributed by atoms with Gasteiger partial charge in [-0.1, -0.05) is 11.6 Å².